The van der Waals surface area contributed by atoms with E-state index in [0.717, 1.165) is 23.1 Å². The van der Waals surface area contributed by atoms with Crippen molar-refractivity contribution in [3.05, 3.63) is 77.9 Å². The van der Waals surface area contributed by atoms with E-state index in [1.807, 2.05) is 41.3 Å². The lowest BCUT2D eigenvalue weighted by molar-refractivity contribution is -0.142. The molecule has 0 unspecified atom stereocenters. The lowest BCUT2D eigenvalue weighted by Gasteiger charge is -2.20. The molecule has 1 aliphatic heterocycles. The van der Waals surface area contributed by atoms with Crippen molar-refractivity contribution in [1.29, 1.82) is 0 Å². The molecule has 0 aliphatic carbocycles. The van der Waals surface area contributed by atoms with Crippen LogP contribution in [-0.4, -0.2) is 46.3 Å². The first-order valence-corrected chi connectivity index (χ1v) is 8.61. The highest BCUT2D eigenvalue weighted by Crippen LogP contribution is 2.24. The Kier molecular flexibility index (Phi) is 5.64. The first-order valence-electron chi connectivity index (χ1n) is 8.61. The zero-order chi connectivity index (χ0) is 17.6. The molecule has 0 radical (unpaired) electrons. The molecule has 0 aromatic heterocycles. The van der Waals surface area contributed by atoms with Crippen LogP contribution in [0.15, 0.2) is 66.7 Å². The maximum atomic E-state index is 11.3. The van der Waals surface area contributed by atoms with Gasteiger partial charge in [-0.2, -0.15) is 0 Å². The Morgan fingerprint density at radius 1 is 1.04 bits per heavy atom. The van der Waals surface area contributed by atoms with Gasteiger partial charge < -0.3 is 10.2 Å². The molecule has 1 saturated heterocycles. The molecule has 130 valence electrons. The van der Waals surface area contributed by atoms with Crippen molar-refractivity contribution in [1.82, 2.24) is 4.90 Å². The minimum absolute atomic E-state index is 0.309. The van der Waals surface area contributed by atoms with Gasteiger partial charge in [0.1, 0.15) is 6.04 Å². The number of carboxylic acids is 1. The van der Waals surface area contributed by atoms with Crippen molar-refractivity contribution < 1.29 is 15.0 Å². The van der Waals surface area contributed by atoms with E-state index in [2.05, 4.69) is 30.3 Å². The summed E-state index contributed by atoms with van der Waals surface area (Å²) in [5, 5.41) is 19.1. The quantitative estimate of drug-likeness (QED) is 0.851. The summed E-state index contributed by atoms with van der Waals surface area (Å²) < 4.78 is 0. The third-order valence-electron chi connectivity index (χ3n) is 4.60. The first-order chi connectivity index (χ1) is 12.1. The third-order valence-corrected chi connectivity index (χ3v) is 4.60. The number of likely N-dealkylation sites (tertiary alicyclic amines) is 1. The average molecular weight is 337 g/mol. The zero-order valence-electron chi connectivity index (χ0n) is 14.1. The second-order valence-corrected chi connectivity index (χ2v) is 6.38. The molecule has 3 rings (SSSR count). The van der Waals surface area contributed by atoms with Gasteiger partial charge in [-0.05, 0) is 23.1 Å². The molecule has 1 fully saturated rings. The molecule has 4 heteroatoms. The number of aliphatic hydroxyl groups is 1. The van der Waals surface area contributed by atoms with E-state index in [0.29, 0.717) is 19.5 Å². The molecule has 2 atom stereocenters. The van der Waals surface area contributed by atoms with Gasteiger partial charge in [0.05, 0.1) is 6.10 Å². The number of β-amino-alcohol motifs (C(OH)–C–C–N with tert-alkyl or cyclic N) is 1. The van der Waals surface area contributed by atoms with E-state index in [-0.39, 0.29) is 0 Å². The van der Waals surface area contributed by atoms with Crippen LogP contribution in [0.2, 0.25) is 0 Å². The second kappa shape index (κ2) is 8.10. The van der Waals surface area contributed by atoms with E-state index in [4.69, 9.17) is 0 Å². The van der Waals surface area contributed by atoms with Crippen molar-refractivity contribution >= 4 is 11.5 Å². The predicted octanol–water partition coefficient (Wildman–Crippen LogP) is 3.03. The summed E-state index contributed by atoms with van der Waals surface area (Å²) in [5.74, 6) is -0.855. The van der Waals surface area contributed by atoms with Gasteiger partial charge in [0, 0.05) is 19.5 Å². The van der Waals surface area contributed by atoms with Gasteiger partial charge in [-0.3, -0.25) is 9.69 Å². The fraction of sp³-hybridized carbons (Fsp3) is 0.286. The summed E-state index contributed by atoms with van der Waals surface area (Å²) in [5.41, 5.74) is 3.43. The van der Waals surface area contributed by atoms with Crippen LogP contribution in [0, 0.1) is 0 Å². The largest absolute Gasteiger partial charge is 0.480 e. The van der Waals surface area contributed by atoms with E-state index in [1.165, 1.54) is 0 Å². The summed E-state index contributed by atoms with van der Waals surface area (Å²) in [4.78, 5) is 13.2. The third kappa shape index (κ3) is 4.35. The summed E-state index contributed by atoms with van der Waals surface area (Å²) in [7, 11) is 0. The molecule has 0 amide bonds. The number of carboxylic acid groups (broad SMARTS) is 1. The Bertz CT molecular complexity index is 686. The normalized spacial score (nSPS) is 20.4. The van der Waals surface area contributed by atoms with Crippen molar-refractivity contribution in [2.24, 2.45) is 0 Å². The average Bonchev–Trinajstić information content (AvgIpc) is 3.01. The van der Waals surface area contributed by atoms with Gasteiger partial charge in [-0.15, -0.1) is 0 Å². The molecule has 2 aromatic rings. The molecule has 25 heavy (non-hydrogen) atoms. The van der Waals surface area contributed by atoms with Crippen LogP contribution in [0.3, 0.4) is 0 Å². The van der Waals surface area contributed by atoms with Crippen LogP contribution < -0.4 is 0 Å². The lowest BCUT2D eigenvalue weighted by Crippen LogP contribution is -2.36. The Balaban J connectivity index is 1.77. The highest BCUT2D eigenvalue weighted by molar-refractivity contribution is 5.79. The molecule has 0 saturated carbocycles. The standard InChI is InChI=1S/C21H23NO3/c23-18-14-20(21(24)25)22(15-18)13-7-12-19(16-8-3-1-4-9-16)17-10-5-2-6-11-17/h1-6,8-12,18,20,23H,7,13-15H2,(H,24,25)/t18-,20+/m0/s1. The van der Waals surface area contributed by atoms with Gasteiger partial charge in [-0.25, -0.2) is 0 Å². The monoisotopic (exact) mass is 337 g/mol. The molecule has 2 aromatic carbocycles. The number of rotatable bonds is 6. The van der Waals surface area contributed by atoms with Gasteiger partial charge in [0.2, 0.25) is 0 Å². The van der Waals surface area contributed by atoms with Gasteiger partial charge >= 0.3 is 5.97 Å². The molecule has 4 nitrogen and oxygen atoms in total. The summed E-state index contributed by atoms with van der Waals surface area (Å²) >= 11 is 0. The van der Waals surface area contributed by atoms with Crippen LogP contribution in [0.5, 0.6) is 0 Å². The molecule has 0 bridgehead atoms. The predicted molar refractivity (Wildman–Crippen MR) is 98.2 cm³/mol. The number of benzene rings is 2. The Hall–Kier alpha value is -2.43. The van der Waals surface area contributed by atoms with E-state index < -0.39 is 18.1 Å². The maximum absolute atomic E-state index is 11.3. The number of nitrogens with zero attached hydrogens (tertiary/aromatic N) is 1. The number of carbonyl (C=O) groups is 1. The van der Waals surface area contributed by atoms with Crippen LogP contribution in [-0.2, 0) is 4.79 Å². The fourth-order valence-corrected chi connectivity index (χ4v) is 3.40. The number of hydrogen-bond acceptors (Lipinski definition) is 3. The van der Waals surface area contributed by atoms with Crippen molar-refractivity contribution in [2.75, 3.05) is 13.1 Å². The molecular formula is C21H23NO3. The maximum Gasteiger partial charge on any atom is 0.321 e. The number of aliphatic hydroxyl groups excluding tert-OH is 1. The summed E-state index contributed by atoms with van der Waals surface area (Å²) in [6.45, 7) is 1.05. The van der Waals surface area contributed by atoms with Crippen molar-refractivity contribution in [3.63, 3.8) is 0 Å². The van der Waals surface area contributed by atoms with Crippen LogP contribution in [0.1, 0.15) is 24.0 Å². The lowest BCUT2D eigenvalue weighted by atomic mass is 9.97. The van der Waals surface area contributed by atoms with Crippen molar-refractivity contribution in [3.8, 4) is 0 Å². The molecule has 0 spiro atoms. The van der Waals surface area contributed by atoms with E-state index in [1.54, 1.807) is 0 Å². The van der Waals surface area contributed by atoms with E-state index in [9.17, 15) is 15.0 Å². The Morgan fingerprint density at radius 3 is 2.12 bits per heavy atom. The van der Waals surface area contributed by atoms with Crippen LogP contribution in [0.4, 0.5) is 0 Å². The smallest absolute Gasteiger partial charge is 0.321 e. The zero-order valence-corrected chi connectivity index (χ0v) is 14.1. The highest BCUT2D eigenvalue weighted by Gasteiger charge is 2.35. The molecule has 2 N–H and O–H groups in total. The number of hydrogen-bond donors (Lipinski definition) is 2. The SMILES string of the molecule is O=C(O)[C@H]1C[C@H](O)CN1CCC=C(c1ccccc1)c1ccccc1. The molecular weight excluding hydrogens is 314 g/mol. The summed E-state index contributed by atoms with van der Waals surface area (Å²) in [6.07, 6.45) is 2.65. The molecule has 1 heterocycles. The van der Waals surface area contributed by atoms with Crippen molar-refractivity contribution in [2.45, 2.75) is 25.0 Å². The Labute approximate surface area is 148 Å². The van der Waals surface area contributed by atoms with Gasteiger partial charge in [0.15, 0.2) is 0 Å². The van der Waals surface area contributed by atoms with E-state index >= 15 is 0 Å². The van der Waals surface area contributed by atoms with Crippen LogP contribution >= 0.6 is 0 Å². The van der Waals surface area contributed by atoms with Gasteiger partial charge in [-0.1, -0.05) is 66.7 Å². The fourth-order valence-electron chi connectivity index (χ4n) is 3.40. The first kappa shape index (κ1) is 17.4. The topological polar surface area (TPSA) is 60.8 Å². The molecule has 1 aliphatic rings. The second-order valence-electron chi connectivity index (χ2n) is 6.38. The minimum atomic E-state index is -0.855. The number of aliphatic carboxylic acids is 1. The van der Waals surface area contributed by atoms with Crippen LogP contribution in [0.25, 0.3) is 5.57 Å². The Morgan fingerprint density at radius 2 is 1.60 bits per heavy atom. The van der Waals surface area contributed by atoms with Gasteiger partial charge in [0.25, 0.3) is 0 Å². The highest BCUT2D eigenvalue weighted by atomic mass is 16.4. The minimum Gasteiger partial charge on any atom is -0.480 e. The summed E-state index contributed by atoms with van der Waals surface area (Å²) in [6, 6.07) is 19.8.